The molecule has 0 fully saturated rings. The molecule has 3 N–H and O–H groups in total. The van der Waals surface area contributed by atoms with Crippen LogP contribution >= 0.6 is 0 Å². The maximum absolute atomic E-state index is 11.8. The molecule has 0 aromatic heterocycles. The van der Waals surface area contributed by atoms with E-state index < -0.39 is 0 Å². The van der Waals surface area contributed by atoms with Gasteiger partial charge in [-0.1, -0.05) is 54.6 Å². The van der Waals surface area contributed by atoms with Crippen molar-refractivity contribution in [3.8, 4) is 0 Å². The smallest absolute Gasteiger partial charge is 0.224 e. The van der Waals surface area contributed by atoms with Gasteiger partial charge in [0.05, 0.1) is 6.42 Å². The standard InChI is InChI=1S/C16H18N2O/c17-11-14-8-6-13(7-9-14)10-16(19)18-12-15-4-2-1-3-5-15/h1-9H,10-12,17H2,(H,18,19). The Hall–Kier alpha value is -2.13. The van der Waals surface area contributed by atoms with E-state index >= 15 is 0 Å². The van der Waals surface area contributed by atoms with Crippen LogP contribution in [0, 0.1) is 0 Å². The second-order valence-corrected chi connectivity index (χ2v) is 4.46. The van der Waals surface area contributed by atoms with E-state index in [1.54, 1.807) is 0 Å². The number of nitrogens with one attached hydrogen (secondary N) is 1. The maximum Gasteiger partial charge on any atom is 0.224 e. The predicted octanol–water partition coefficient (Wildman–Crippen LogP) is 2.00. The van der Waals surface area contributed by atoms with Gasteiger partial charge in [0.25, 0.3) is 0 Å². The average molecular weight is 254 g/mol. The summed E-state index contributed by atoms with van der Waals surface area (Å²) in [5.74, 6) is 0.0318. The minimum atomic E-state index is 0.0318. The second-order valence-electron chi connectivity index (χ2n) is 4.46. The van der Waals surface area contributed by atoms with Crippen molar-refractivity contribution in [2.45, 2.75) is 19.5 Å². The summed E-state index contributed by atoms with van der Waals surface area (Å²) in [6, 6.07) is 17.7. The van der Waals surface area contributed by atoms with E-state index in [9.17, 15) is 4.79 Å². The van der Waals surface area contributed by atoms with E-state index in [4.69, 9.17) is 5.73 Å². The molecule has 0 spiro atoms. The van der Waals surface area contributed by atoms with Gasteiger partial charge >= 0.3 is 0 Å². The molecule has 0 aliphatic heterocycles. The van der Waals surface area contributed by atoms with Crippen LogP contribution in [0.2, 0.25) is 0 Å². The Balaban J connectivity index is 1.83. The highest BCUT2D eigenvalue weighted by molar-refractivity contribution is 5.78. The Bertz CT molecular complexity index is 520. The van der Waals surface area contributed by atoms with Crippen LogP contribution in [-0.2, 0) is 24.3 Å². The molecule has 0 saturated carbocycles. The van der Waals surface area contributed by atoms with Crippen molar-refractivity contribution in [2.24, 2.45) is 5.73 Å². The van der Waals surface area contributed by atoms with Crippen LogP contribution in [0.15, 0.2) is 54.6 Å². The van der Waals surface area contributed by atoms with Crippen LogP contribution in [0.4, 0.5) is 0 Å². The largest absolute Gasteiger partial charge is 0.352 e. The van der Waals surface area contributed by atoms with Crippen molar-refractivity contribution < 1.29 is 4.79 Å². The van der Waals surface area contributed by atoms with Crippen molar-refractivity contribution in [2.75, 3.05) is 0 Å². The third kappa shape index (κ3) is 4.23. The third-order valence-electron chi connectivity index (χ3n) is 2.96. The molecule has 19 heavy (non-hydrogen) atoms. The van der Waals surface area contributed by atoms with Gasteiger partial charge in [-0.3, -0.25) is 4.79 Å². The van der Waals surface area contributed by atoms with Crippen molar-refractivity contribution >= 4 is 5.91 Å². The zero-order chi connectivity index (χ0) is 13.5. The van der Waals surface area contributed by atoms with Crippen molar-refractivity contribution in [3.63, 3.8) is 0 Å². The molecule has 98 valence electrons. The molecule has 0 atom stereocenters. The van der Waals surface area contributed by atoms with E-state index in [0.717, 1.165) is 16.7 Å². The molecular formula is C16H18N2O. The number of hydrogen-bond donors (Lipinski definition) is 2. The topological polar surface area (TPSA) is 55.1 Å². The highest BCUT2D eigenvalue weighted by atomic mass is 16.1. The van der Waals surface area contributed by atoms with Crippen molar-refractivity contribution in [1.29, 1.82) is 0 Å². The molecule has 3 nitrogen and oxygen atoms in total. The number of hydrogen-bond acceptors (Lipinski definition) is 2. The van der Waals surface area contributed by atoms with E-state index in [2.05, 4.69) is 5.32 Å². The first-order valence-corrected chi connectivity index (χ1v) is 6.36. The van der Waals surface area contributed by atoms with Crippen LogP contribution in [-0.4, -0.2) is 5.91 Å². The summed E-state index contributed by atoms with van der Waals surface area (Å²) in [6.07, 6.45) is 0.400. The van der Waals surface area contributed by atoms with Gasteiger partial charge in [0.15, 0.2) is 0 Å². The third-order valence-corrected chi connectivity index (χ3v) is 2.96. The zero-order valence-electron chi connectivity index (χ0n) is 10.8. The first-order chi connectivity index (χ1) is 9.28. The van der Waals surface area contributed by atoms with Gasteiger partial charge in [0.2, 0.25) is 5.91 Å². The summed E-state index contributed by atoms with van der Waals surface area (Å²) in [7, 11) is 0. The van der Waals surface area contributed by atoms with Crippen molar-refractivity contribution in [1.82, 2.24) is 5.32 Å². The normalized spacial score (nSPS) is 10.2. The van der Waals surface area contributed by atoms with Crippen LogP contribution < -0.4 is 11.1 Å². The van der Waals surface area contributed by atoms with Crippen molar-refractivity contribution in [3.05, 3.63) is 71.3 Å². The van der Waals surface area contributed by atoms with Crippen LogP contribution in [0.5, 0.6) is 0 Å². The van der Waals surface area contributed by atoms with Gasteiger partial charge in [-0.2, -0.15) is 0 Å². The highest BCUT2D eigenvalue weighted by Gasteiger charge is 2.03. The molecule has 0 unspecified atom stereocenters. The number of benzene rings is 2. The van der Waals surface area contributed by atoms with Gasteiger partial charge in [0.1, 0.15) is 0 Å². The quantitative estimate of drug-likeness (QED) is 0.857. The predicted molar refractivity (Wildman–Crippen MR) is 76.3 cm³/mol. The SMILES string of the molecule is NCc1ccc(CC(=O)NCc2ccccc2)cc1. The number of nitrogens with two attached hydrogens (primary N) is 1. The molecule has 0 saturated heterocycles. The number of carbonyl (C=O) groups is 1. The molecule has 1 amide bonds. The minimum absolute atomic E-state index is 0.0318. The van der Waals surface area contributed by atoms with Crippen LogP contribution in [0.3, 0.4) is 0 Å². The molecular weight excluding hydrogens is 236 g/mol. The lowest BCUT2D eigenvalue weighted by atomic mass is 10.1. The van der Waals surface area contributed by atoms with Gasteiger partial charge in [0, 0.05) is 13.1 Å². The van der Waals surface area contributed by atoms with E-state index in [1.807, 2.05) is 54.6 Å². The van der Waals surface area contributed by atoms with Gasteiger partial charge < -0.3 is 11.1 Å². The lowest BCUT2D eigenvalue weighted by Crippen LogP contribution is -2.24. The monoisotopic (exact) mass is 254 g/mol. The highest BCUT2D eigenvalue weighted by Crippen LogP contribution is 2.05. The number of rotatable bonds is 5. The lowest BCUT2D eigenvalue weighted by Gasteiger charge is -2.06. The Kier molecular flexibility index (Phi) is 4.70. The summed E-state index contributed by atoms with van der Waals surface area (Å²) in [4.78, 5) is 11.8. The molecule has 0 heterocycles. The second kappa shape index (κ2) is 6.71. The van der Waals surface area contributed by atoms with Gasteiger partial charge in [-0.25, -0.2) is 0 Å². The fourth-order valence-electron chi connectivity index (χ4n) is 1.84. The van der Waals surface area contributed by atoms with E-state index in [-0.39, 0.29) is 5.91 Å². The summed E-state index contributed by atoms with van der Waals surface area (Å²) in [5.41, 5.74) is 8.72. The first-order valence-electron chi connectivity index (χ1n) is 6.36. The first kappa shape index (κ1) is 13.3. The van der Waals surface area contributed by atoms with Crippen LogP contribution in [0.1, 0.15) is 16.7 Å². The van der Waals surface area contributed by atoms with Gasteiger partial charge in [-0.15, -0.1) is 0 Å². The lowest BCUT2D eigenvalue weighted by molar-refractivity contribution is -0.120. The molecule has 0 radical (unpaired) electrons. The van der Waals surface area contributed by atoms with E-state index in [0.29, 0.717) is 19.5 Å². The molecule has 0 aliphatic rings. The Morgan fingerprint density at radius 1 is 0.895 bits per heavy atom. The average Bonchev–Trinajstić information content (AvgIpc) is 2.47. The Morgan fingerprint density at radius 3 is 2.16 bits per heavy atom. The molecule has 2 aromatic carbocycles. The molecule has 2 aromatic rings. The number of amides is 1. The number of carbonyl (C=O) groups excluding carboxylic acids is 1. The fraction of sp³-hybridized carbons (Fsp3) is 0.188. The fourth-order valence-corrected chi connectivity index (χ4v) is 1.84. The molecule has 0 aliphatic carbocycles. The zero-order valence-corrected chi connectivity index (χ0v) is 10.8. The summed E-state index contributed by atoms with van der Waals surface area (Å²) < 4.78 is 0. The Labute approximate surface area is 113 Å². The summed E-state index contributed by atoms with van der Waals surface area (Å²) in [5, 5.41) is 2.91. The van der Waals surface area contributed by atoms with Gasteiger partial charge in [-0.05, 0) is 16.7 Å². The Morgan fingerprint density at radius 2 is 1.53 bits per heavy atom. The van der Waals surface area contributed by atoms with E-state index in [1.165, 1.54) is 0 Å². The molecule has 3 heteroatoms. The maximum atomic E-state index is 11.8. The summed E-state index contributed by atoms with van der Waals surface area (Å²) in [6.45, 7) is 1.10. The molecule has 0 bridgehead atoms. The minimum Gasteiger partial charge on any atom is -0.352 e. The van der Waals surface area contributed by atoms with Crippen LogP contribution in [0.25, 0.3) is 0 Å². The molecule has 2 rings (SSSR count). The summed E-state index contributed by atoms with van der Waals surface area (Å²) >= 11 is 0.